The molecule has 2 aromatic rings. The van der Waals surface area contributed by atoms with Gasteiger partial charge in [0.2, 0.25) is 5.89 Å². The molecule has 3 rings (SSSR count). The van der Waals surface area contributed by atoms with Crippen LogP contribution in [-0.2, 0) is 13.0 Å². The van der Waals surface area contributed by atoms with Gasteiger partial charge in [-0.25, -0.2) is 4.39 Å². The first kappa shape index (κ1) is 22.5. The average Bonchev–Trinajstić information content (AvgIpc) is 3.19. The number of piperidine rings is 1. The SMILES string of the molecule is CN=C(NCCc1nc(C(C)C)no1)NC1CCCN(Cc2ccc(F)cc2Cl)C1. The molecule has 1 fully saturated rings. The maximum Gasteiger partial charge on any atom is 0.228 e. The third-order valence-corrected chi connectivity index (χ3v) is 5.46. The number of benzene rings is 1. The summed E-state index contributed by atoms with van der Waals surface area (Å²) in [5.74, 6) is 2.06. The Balaban J connectivity index is 1.46. The minimum Gasteiger partial charge on any atom is -0.356 e. The molecule has 0 spiro atoms. The van der Waals surface area contributed by atoms with Crippen molar-refractivity contribution in [3.05, 3.63) is 46.3 Å². The number of nitrogens with zero attached hydrogens (tertiary/aromatic N) is 4. The van der Waals surface area contributed by atoms with Gasteiger partial charge < -0.3 is 15.2 Å². The Hall–Kier alpha value is -2.19. The summed E-state index contributed by atoms with van der Waals surface area (Å²) in [5, 5.41) is 11.3. The zero-order valence-electron chi connectivity index (χ0n) is 17.8. The first-order chi connectivity index (χ1) is 14.4. The molecular formula is C21H30ClFN6O. The quantitative estimate of drug-likeness (QED) is 0.512. The predicted molar refractivity (Wildman–Crippen MR) is 116 cm³/mol. The molecule has 1 saturated heterocycles. The van der Waals surface area contributed by atoms with Crippen LogP contribution in [-0.4, -0.2) is 53.7 Å². The second-order valence-corrected chi connectivity index (χ2v) is 8.31. The molecule has 30 heavy (non-hydrogen) atoms. The molecule has 0 saturated carbocycles. The number of halogens is 2. The van der Waals surface area contributed by atoms with E-state index in [9.17, 15) is 4.39 Å². The van der Waals surface area contributed by atoms with E-state index < -0.39 is 0 Å². The summed E-state index contributed by atoms with van der Waals surface area (Å²) >= 11 is 6.19. The third kappa shape index (κ3) is 6.40. The van der Waals surface area contributed by atoms with Gasteiger partial charge in [0.05, 0.1) is 0 Å². The zero-order valence-corrected chi connectivity index (χ0v) is 18.5. The maximum atomic E-state index is 13.3. The van der Waals surface area contributed by atoms with E-state index in [0.717, 1.165) is 43.3 Å². The van der Waals surface area contributed by atoms with Gasteiger partial charge in [-0.05, 0) is 37.1 Å². The first-order valence-corrected chi connectivity index (χ1v) is 10.8. The fourth-order valence-corrected chi connectivity index (χ4v) is 3.71. The molecule has 1 aromatic carbocycles. The lowest BCUT2D eigenvalue weighted by atomic mass is 10.0. The van der Waals surface area contributed by atoms with Crippen LogP contribution in [0.1, 0.15) is 49.9 Å². The van der Waals surface area contributed by atoms with Crippen molar-refractivity contribution in [1.29, 1.82) is 0 Å². The Morgan fingerprint density at radius 3 is 2.97 bits per heavy atom. The summed E-state index contributed by atoms with van der Waals surface area (Å²) in [4.78, 5) is 11.1. The van der Waals surface area contributed by atoms with Crippen LogP contribution in [0, 0.1) is 5.82 Å². The fourth-order valence-electron chi connectivity index (χ4n) is 3.49. The minimum absolute atomic E-state index is 0.254. The van der Waals surface area contributed by atoms with Crippen LogP contribution in [0.4, 0.5) is 4.39 Å². The van der Waals surface area contributed by atoms with Crippen molar-refractivity contribution in [3.8, 4) is 0 Å². The van der Waals surface area contributed by atoms with Gasteiger partial charge in [0.1, 0.15) is 5.82 Å². The Kier molecular flexibility index (Phi) is 8.04. The first-order valence-electron chi connectivity index (χ1n) is 10.4. The molecule has 7 nitrogen and oxygen atoms in total. The van der Waals surface area contributed by atoms with Crippen LogP contribution in [0.3, 0.4) is 0 Å². The second kappa shape index (κ2) is 10.7. The van der Waals surface area contributed by atoms with Gasteiger partial charge in [-0.3, -0.25) is 9.89 Å². The standard InChI is InChI=1S/C21H30ClFN6O/c1-14(2)20-27-19(30-28-20)8-9-25-21(24-3)26-17-5-4-10-29(13-17)12-15-6-7-16(23)11-18(15)22/h6-7,11,14,17H,4-5,8-10,12-13H2,1-3H3,(H2,24,25,26). The number of hydrogen-bond donors (Lipinski definition) is 2. The van der Waals surface area contributed by atoms with Crippen molar-refractivity contribution in [2.24, 2.45) is 4.99 Å². The van der Waals surface area contributed by atoms with Crippen LogP contribution in [0.5, 0.6) is 0 Å². The molecule has 0 amide bonds. The lowest BCUT2D eigenvalue weighted by Crippen LogP contribution is -2.51. The summed E-state index contributed by atoms with van der Waals surface area (Å²) in [6, 6.07) is 4.87. The van der Waals surface area contributed by atoms with E-state index in [4.69, 9.17) is 16.1 Å². The molecule has 0 radical (unpaired) electrons. The normalized spacial score (nSPS) is 18.1. The summed E-state index contributed by atoms with van der Waals surface area (Å²) in [6.07, 6.45) is 2.78. The largest absolute Gasteiger partial charge is 0.356 e. The molecular weight excluding hydrogens is 407 g/mol. The van der Waals surface area contributed by atoms with E-state index in [-0.39, 0.29) is 17.8 Å². The van der Waals surface area contributed by atoms with Gasteiger partial charge in [0.25, 0.3) is 0 Å². The summed E-state index contributed by atoms with van der Waals surface area (Å²) in [5.41, 5.74) is 0.946. The molecule has 164 valence electrons. The minimum atomic E-state index is -0.308. The van der Waals surface area contributed by atoms with Crippen molar-refractivity contribution in [3.63, 3.8) is 0 Å². The zero-order chi connectivity index (χ0) is 21.5. The van der Waals surface area contributed by atoms with Gasteiger partial charge in [-0.1, -0.05) is 36.7 Å². The van der Waals surface area contributed by atoms with Gasteiger partial charge in [-0.15, -0.1) is 0 Å². The van der Waals surface area contributed by atoms with Crippen molar-refractivity contribution in [2.75, 3.05) is 26.7 Å². The van der Waals surface area contributed by atoms with Crippen molar-refractivity contribution in [1.82, 2.24) is 25.7 Å². The molecule has 0 bridgehead atoms. The van der Waals surface area contributed by atoms with Crippen molar-refractivity contribution in [2.45, 2.75) is 51.6 Å². The van der Waals surface area contributed by atoms with Crippen LogP contribution >= 0.6 is 11.6 Å². The smallest absolute Gasteiger partial charge is 0.228 e. The summed E-state index contributed by atoms with van der Waals surface area (Å²) in [7, 11) is 1.76. The Morgan fingerprint density at radius 2 is 2.27 bits per heavy atom. The highest BCUT2D eigenvalue weighted by atomic mass is 35.5. The topological polar surface area (TPSA) is 78.6 Å². The Labute approximate surface area is 182 Å². The number of aromatic nitrogens is 2. The highest BCUT2D eigenvalue weighted by Crippen LogP contribution is 2.21. The highest BCUT2D eigenvalue weighted by Gasteiger charge is 2.21. The Morgan fingerprint density at radius 1 is 1.43 bits per heavy atom. The van der Waals surface area contributed by atoms with Crippen LogP contribution in [0.25, 0.3) is 0 Å². The number of hydrogen-bond acceptors (Lipinski definition) is 5. The van der Waals surface area contributed by atoms with Gasteiger partial charge >= 0.3 is 0 Å². The Bertz CT molecular complexity index is 856. The monoisotopic (exact) mass is 436 g/mol. The number of rotatable bonds is 7. The molecule has 9 heteroatoms. The van der Waals surface area contributed by atoms with E-state index in [2.05, 4.69) is 30.7 Å². The van der Waals surface area contributed by atoms with Crippen LogP contribution in [0.2, 0.25) is 5.02 Å². The van der Waals surface area contributed by atoms with Crippen LogP contribution < -0.4 is 10.6 Å². The predicted octanol–water partition coefficient (Wildman–Crippen LogP) is 3.36. The molecule has 1 aliphatic heterocycles. The van der Waals surface area contributed by atoms with Crippen molar-refractivity contribution >= 4 is 17.6 Å². The van der Waals surface area contributed by atoms with Gasteiger partial charge in [-0.2, -0.15) is 4.98 Å². The lowest BCUT2D eigenvalue weighted by Gasteiger charge is -2.34. The molecule has 2 N–H and O–H groups in total. The molecule has 1 aliphatic rings. The van der Waals surface area contributed by atoms with Crippen molar-refractivity contribution < 1.29 is 8.91 Å². The molecule has 1 aromatic heterocycles. The van der Waals surface area contributed by atoms with Gasteiger partial charge in [0.15, 0.2) is 11.8 Å². The summed E-state index contributed by atoms with van der Waals surface area (Å²) < 4.78 is 18.6. The van der Waals surface area contributed by atoms with Gasteiger partial charge in [0, 0.05) is 50.1 Å². The highest BCUT2D eigenvalue weighted by molar-refractivity contribution is 6.31. The number of likely N-dealkylation sites (tertiary alicyclic amines) is 1. The average molecular weight is 437 g/mol. The third-order valence-electron chi connectivity index (χ3n) is 5.11. The van der Waals surface area contributed by atoms with E-state index in [0.29, 0.717) is 30.4 Å². The molecule has 1 unspecified atom stereocenters. The number of nitrogens with one attached hydrogen (secondary N) is 2. The van der Waals surface area contributed by atoms with E-state index in [1.165, 1.54) is 12.1 Å². The number of guanidine groups is 1. The van der Waals surface area contributed by atoms with E-state index in [1.807, 2.05) is 13.8 Å². The fraction of sp³-hybridized carbons (Fsp3) is 0.571. The molecule has 1 atom stereocenters. The second-order valence-electron chi connectivity index (χ2n) is 7.90. The maximum absolute atomic E-state index is 13.3. The van der Waals surface area contributed by atoms with E-state index in [1.54, 1.807) is 13.1 Å². The molecule has 0 aliphatic carbocycles. The van der Waals surface area contributed by atoms with Crippen LogP contribution in [0.15, 0.2) is 27.7 Å². The lowest BCUT2D eigenvalue weighted by molar-refractivity contribution is 0.192. The summed E-state index contributed by atoms with van der Waals surface area (Å²) in [6.45, 7) is 7.30. The van der Waals surface area contributed by atoms with E-state index >= 15 is 0 Å². The molecule has 2 heterocycles. The number of aliphatic imine (C=N–C) groups is 1.